The minimum absolute atomic E-state index is 0. The third-order valence-corrected chi connectivity index (χ3v) is 6.25. The van der Waals surface area contributed by atoms with E-state index < -0.39 is 6.10 Å². The van der Waals surface area contributed by atoms with Gasteiger partial charge in [0.1, 0.15) is 6.61 Å². The number of aliphatic hydroxyl groups excluding tert-OH is 1. The lowest BCUT2D eigenvalue weighted by molar-refractivity contribution is 0.0534. The second-order valence-electron chi connectivity index (χ2n) is 7.63. The Morgan fingerprint density at radius 1 is 1.27 bits per heavy atom. The Labute approximate surface area is 167 Å². The first-order chi connectivity index (χ1) is 11.6. The minimum atomic E-state index is -0.512. The molecule has 146 valence electrons. The average Bonchev–Trinajstić information content (AvgIpc) is 3.18. The Kier molecular flexibility index (Phi) is 6.97. The van der Waals surface area contributed by atoms with Crippen LogP contribution in [0.15, 0.2) is 12.1 Å². The van der Waals surface area contributed by atoms with Crippen molar-refractivity contribution in [2.75, 3.05) is 32.7 Å². The van der Waals surface area contributed by atoms with Crippen molar-refractivity contribution in [2.24, 2.45) is 5.41 Å². The Morgan fingerprint density at radius 2 is 2.00 bits per heavy atom. The van der Waals surface area contributed by atoms with Crippen LogP contribution in [-0.2, 0) is 11.3 Å². The summed E-state index contributed by atoms with van der Waals surface area (Å²) in [6.45, 7) is 7.40. The van der Waals surface area contributed by atoms with Gasteiger partial charge in [-0.05, 0) is 68.4 Å². The van der Waals surface area contributed by atoms with Gasteiger partial charge in [0.25, 0.3) is 0 Å². The van der Waals surface area contributed by atoms with E-state index in [0.29, 0.717) is 24.1 Å². The molecular weight excluding hydrogens is 375 g/mol. The van der Waals surface area contributed by atoms with Crippen molar-refractivity contribution in [1.29, 1.82) is 0 Å². The van der Waals surface area contributed by atoms with E-state index in [2.05, 4.69) is 10.2 Å². The van der Waals surface area contributed by atoms with E-state index in [1.54, 1.807) is 6.07 Å². The van der Waals surface area contributed by atoms with Gasteiger partial charge in [0.2, 0.25) is 0 Å². The predicted octanol–water partition coefficient (Wildman–Crippen LogP) is 2.62. The lowest BCUT2D eigenvalue weighted by atomic mass is 9.78. The van der Waals surface area contributed by atoms with Crippen molar-refractivity contribution in [3.05, 3.63) is 34.4 Å². The van der Waals surface area contributed by atoms with E-state index in [0.717, 1.165) is 42.9 Å². The Bertz CT molecular complexity index is 652. The Morgan fingerprint density at radius 3 is 2.65 bits per heavy atom. The summed E-state index contributed by atoms with van der Waals surface area (Å²) in [6.07, 6.45) is 3.22. The highest BCUT2D eigenvalue weighted by Crippen LogP contribution is 2.37. The average molecular weight is 403 g/mol. The highest BCUT2D eigenvalue weighted by molar-refractivity contribution is 5.93. The highest BCUT2D eigenvalue weighted by atomic mass is 35.5. The van der Waals surface area contributed by atoms with E-state index in [-0.39, 0.29) is 30.8 Å². The molecule has 4 rings (SSSR count). The lowest BCUT2D eigenvalue weighted by Crippen LogP contribution is -2.42. The second kappa shape index (κ2) is 8.44. The van der Waals surface area contributed by atoms with E-state index in [4.69, 9.17) is 4.74 Å². The van der Waals surface area contributed by atoms with E-state index in [1.807, 2.05) is 13.0 Å². The van der Waals surface area contributed by atoms with Crippen LogP contribution in [0.5, 0.6) is 0 Å². The second-order valence-corrected chi connectivity index (χ2v) is 7.63. The normalized spacial score (nSPS) is 22.3. The predicted molar refractivity (Wildman–Crippen MR) is 105 cm³/mol. The number of aliphatic hydroxyl groups is 1. The molecule has 3 heterocycles. The third kappa shape index (κ3) is 3.87. The summed E-state index contributed by atoms with van der Waals surface area (Å²) >= 11 is 0. The molecule has 3 aliphatic rings. The molecule has 0 bridgehead atoms. The van der Waals surface area contributed by atoms with Crippen LogP contribution >= 0.6 is 24.8 Å². The van der Waals surface area contributed by atoms with Gasteiger partial charge in [-0.2, -0.15) is 0 Å². The summed E-state index contributed by atoms with van der Waals surface area (Å²) < 4.78 is 5.11. The van der Waals surface area contributed by atoms with E-state index in [9.17, 15) is 9.90 Å². The number of ether oxygens (including phenoxy) is 1. The fourth-order valence-corrected chi connectivity index (χ4v) is 4.50. The van der Waals surface area contributed by atoms with Crippen molar-refractivity contribution in [3.63, 3.8) is 0 Å². The topological polar surface area (TPSA) is 61.8 Å². The monoisotopic (exact) mass is 402 g/mol. The van der Waals surface area contributed by atoms with Gasteiger partial charge in [-0.25, -0.2) is 4.79 Å². The van der Waals surface area contributed by atoms with Crippen LogP contribution in [0.2, 0.25) is 0 Å². The van der Waals surface area contributed by atoms with Crippen LogP contribution in [0.25, 0.3) is 0 Å². The summed E-state index contributed by atoms with van der Waals surface area (Å²) in [5.41, 5.74) is 4.01. The third-order valence-electron chi connectivity index (χ3n) is 6.25. The molecule has 1 aromatic carbocycles. The SMILES string of the molecule is Cc1c([C@@H](O)CN2CCC3(CCNC3)CC2)ccc2c1COC2=O.Cl.Cl. The molecule has 1 atom stereocenters. The number of esters is 1. The first-order valence-corrected chi connectivity index (χ1v) is 8.99. The molecule has 2 fully saturated rings. The van der Waals surface area contributed by atoms with Crippen LogP contribution in [-0.4, -0.2) is 48.7 Å². The fraction of sp³-hybridized carbons (Fsp3) is 0.632. The van der Waals surface area contributed by atoms with Crippen LogP contribution in [0.1, 0.15) is 52.4 Å². The van der Waals surface area contributed by atoms with Gasteiger partial charge in [0, 0.05) is 18.7 Å². The first kappa shape index (κ1) is 21.5. The number of carbonyl (C=O) groups excluding carboxylic acids is 1. The van der Waals surface area contributed by atoms with Gasteiger partial charge < -0.3 is 20.1 Å². The molecule has 0 amide bonds. The standard InChI is InChI=1S/C19H26N2O3.2ClH/c1-13-14(2-3-15-16(13)11-24-18(15)23)17(22)10-21-8-5-19(6-9-21)4-7-20-12-19;;/h2-3,17,20,22H,4-12H2,1H3;2*1H/t17-;;/m0../s1. The summed E-state index contributed by atoms with van der Waals surface area (Å²) in [5, 5.41) is 14.2. The van der Waals surface area contributed by atoms with Crippen molar-refractivity contribution < 1.29 is 14.6 Å². The summed E-state index contributed by atoms with van der Waals surface area (Å²) in [6, 6.07) is 3.68. The van der Waals surface area contributed by atoms with E-state index in [1.165, 1.54) is 19.3 Å². The zero-order chi connectivity index (χ0) is 16.7. The molecule has 3 aliphatic heterocycles. The van der Waals surface area contributed by atoms with Crippen LogP contribution in [0, 0.1) is 12.3 Å². The van der Waals surface area contributed by atoms with Crippen LogP contribution < -0.4 is 5.32 Å². The molecule has 5 nitrogen and oxygen atoms in total. The van der Waals surface area contributed by atoms with E-state index >= 15 is 0 Å². The highest BCUT2D eigenvalue weighted by Gasteiger charge is 2.37. The number of nitrogens with one attached hydrogen (secondary N) is 1. The molecule has 1 aromatic rings. The molecule has 0 aromatic heterocycles. The quantitative estimate of drug-likeness (QED) is 0.760. The number of piperidine rings is 1. The molecule has 0 aliphatic carbocycles. The number of hydrogen-bond donors (Lipinski definition) is 2. The van der Waals surface area contributed by atoms with Crippen molar-refractivity contribution in [1.82, 2.24) is 10.2 Å². The summed E-state index contributed by atoms with van der Waals surface area (Å²) in [5.74, 6) is -0.249. The van der Waals surface area contributed by atoms with Gasteiger partial charge in [0.05, 0.1) is 11.7 Å². The van der Waals surface area contributed by atoms with Gasteiger partial charge in [-0.1, -0.05) is 6.07 Å². The van der Waals surface area contributed by atoms with Crippen LogP contribution in [0.3, 0.4) is 0 Å². The maximum absolute atomic E-state index is 11.6. The summed E-state index contributed by atoms with van der Waals surface area (Å²) in [4.78, 5) is 14.0. The van der Waals surface area contributed by atoms with Gasteiger partial charge >= 0.3 is 5.97 Å². The fourth-order valence-electron chi connectivity index (χ4n) is 4.50. The Hall–Kier alpha value is -0.850. The number of carbonyl (C=O) groups is 1. The molecule has 2 N–H and O–H groups in total. The van der Waals surface area contributed by atoms with Gasteiger partial charge in [-0.15, -0.1) is 24.8 Å². The first-order valence-electron chi connectivity index (χ1n) is 8.99. The number of nitrogens with zero attached hydrogens (tertiary/aromatic N) is 1. The number of cyclic esters (lactones) is 1. The number of hydrogen-bond acceptors (Lipinski definition) is 5. The molecule has 7 heteroatoms. The smallest absolute Gasteiger partial charge is 0.338 e. The summed E-state index contributed by atoms with van der Waals surface area (Å²) in [7, 11) is 0. The largest absolute Gasteiger partial charge is 0.457 e. The van der Waals surface area contributed by atoms with Gasteiger partial charge in [-0.3, -0.25) is 0 Å². The molecule has 2 saturated heterocycles. The maximum atomic E-state index is 11.6. The zero-order valence-electron chi connectivity index (χ0n) is 15.1. The molecular formula is C19H28Cl2N2O3. The number of benzene rings is 1. The molecule has 1 spiro atoms. The Balaban J connectivity index is 0.00000121. The zero-order valence-corrected chi connectivity index (χ0v) is 16.8. The number of rotatable bonds is 3. The number of fused-ring (bicyclic) bond motifs is 1. The van der Waals surface area contributed by atoms with Crippen molar-refractivity contribution in [2.45, 2.75) is 38.9 Å². The minimum Gasteiger partial charge on any atom is -0.457 e. The number of halogens is 2. The van der Waals surface area contributed by atoms with Crippen LogP contribution in [0.4, 0.5) is 0 Å². The van der Waals surface area contributed by atoms with Gasteiger partial charge in [0.15, 0.2) is 0 Å². The molecule has 0 unspecified atom stereocenters. The van der Waals surface area contributed by atoms with Crippen molar-refractivity contribution in [3.8, 4) is 0 Å². The molecule has 26 heavy (non-hydrogen) atoms. The van der Waals surface area contributed by atoms with Crippen molar-refractivity contribution >= 4 is 30.8 Å². The lowest BCUT2D eigenvalue weighted by Gasteiger charge is -2.39. The molecule has 0 radical (unpaired) electrons. The maximum Gasteiger partial charge on any atom is 0.338 e. The number of β-amino-alcohol motifs (C(OH)–C–C–N with tert-alkyl or cyclic N) is 1. The number of likely N-dealkylation sites (tertiary alicyclic amines) is 1. The molecule has 0 saturated carbocycles.